The Balaban J connectivity index is 2.67. The van der Waals surface area contributed by atoms with E-state index >= 15 is 0 Å². The van der Waals surface area contributed by atoms with Crippen LogP contribution in [0.1, 0.15) is 43.5 Å². The van der Waals surface area contributed by atoms with Crippen LogP contribution in [0.5, 0.6) is 0 Å². The third-order valence-corrected chi connectivity index (χ3v) is 3.00. The van der Waals surface area contributed by atoms with Crippen LogP contribution < -0.4 is 11.1 Å². The molecule has 0 saturated heterocycles. The Hall–Kier alpha value is -1.22. The molecule has 1 amide bonds. The van der Waals surface area contributed by atoms with Crippen LogP contribution in [0.4, 0.5) is 5.69 Å². The maximum atomic E-state index is 11.9. The molecule has 0 aliphatic carbocycles. The third-order valence-electron chi connectivity index (χ3n) is 2.67. The van der Waals surface area contributed by atoms with Crippen molar-refractivity contribution in [2.75, 3.05) is 5.73 Å². The van der Waals surface area contributed by atoms with E-state index in [0.29, 0.717) is 16.3 Å². The number of hydrogen-bond donors (Lipinski definition) is 2. The summed E-state index contributed by atoms with van der Waals surface area (Å²) in [6.45, 7) is 4.12. The average Bonchev–Trinajstić information content (AvgIpc) is 2.29. The predicted octanol–water partition coefficient (Wildman–Crippen LogP) is 3.23. The van der Waals surface area contributed by atoms with Gasteiger partial charge in [-0.05, 0) is 25.5 Å². The fourth-order valence-corrected chi connectivity index (χ4v) is 1.79. The highest BCUT2D eigenvalue weighted by molar-refractivity contribution is 6.33. The fourth-order valence-electron chi connectivity index (χ4n) is 1.62. The summed E-state index contributed by atoms with van der Waals surface area (Å²) in [5, 5.41) is 3.34. The molecule has 1 unspecified atom stereocenters. The van der Waals surface area contributed by atoms with Gasteiger partial charge in [0.15, 0.2) is 0 Å². The topological polar surface area (TPSA) is 55.1 Å². The van der Waals surface area contributed by atoms with Crippen LogP contribution >= 0.6 is 11.6 Å². The molecule has 0 fully saturated rings. The third kappa shape index (κ3) is 3.93. The number of nitrogens with one attached hydrogen (secondary N) is 1. The summed E-state index contributed by atoms with van der Waals surface area (Å²) in [6, 6.07) is 5.24. The van der Waals surface area contributed by atoms with Gasteiger partial charge in [-0.2, -0.15) is 0 Å². The first kappa shape index (κ1) is 13.8. The van der Waals surface area contributed by atoms with Crippen molar-refractivity contribution in [2.45, 2.75) is 39.2 Å². The molecule has 1 aromatic rings. The molecule has 3 N–H and O–H groups in total. The first-order valence-electron chi connectivity index (χ1n) is 5.91. The molecule has 1 aromatic carbocycles. The summed E-state index contributed by atoms with van der Waals surface area (Å²) in [5.74, 6) is -0.159. The molecule has 1 atom stereocenters. The second-order valence-corrected chi connectivity index (χ2v) is 4.63. The number of nitrogens with two attached hydrogens (primary N) is 1. The molecule has 0 saturated carbocycles. The number of rotatable bonds is 5. The average molecular weight is 255 g/mol. The van der Waals surface area contributed by atoms with Crippen LogP contribution in [0.25, 0.3) is 0 Å². The fraction of sp³-hybridized carbons (Fsp3) is 0.462. The van der Waals surface area contributed by atoms with Crippen molar-refractivity contribution in [1.82, 2.24) is 5.32 Å². The van der Waals surface area contributed by atoms with Crippen LogP contribution in [-0.2, 0) is 0 Å². The highest BCUT2D eigenvalue weighted by atomic mass is 35.5. The molecule has 4 heteroatoms. The van der Waals surface area contributed by atoms with Crippen LogP contribution in [0.2, 0.25) is 5.02 Å². The van der Waals surface area contributed by atoms with Gasteiger partial charge in [-0.1, -0.05) is 37.4 Å². The molecular weight excluding hydrogens is 236 g/mol. The summed E-state index contributed by atoms with van der Waals surface area (Å²) in [7, 11) is 0. The summed E-state index contributed by atoms with van der Waals surface area (Å²) in [6.07, 6.45) is 3.20. The van der Waals surface area contributed by atoms with Crippen molar-refractivity contribution in [3.63, 3.8) is 0 Å². The Morgan fingerprint density at radius 2 is 2.24 bits per heavy atom. The van der Waals surface area contributed by atoms with E-state index in [0.717, 1.165) is 19.3 Å². The Kier molecular flexibility index (Phi) is 5.29. The Morgan fingerprint density at radius 3 is 2.88 bits per heavy atom. The second kappa shape index (κ2) is 6.50. The molecule has 0 aliphatic rings. The SMILES string of the molecule is CCCCC(C)NC(=O)c1cccc(Cl)c1N. The first-order chi connectivity index (χ1) is 8.06. The van der Waals surface area contributed by atoms with Crippen molar-refractivity contribution in [3.05, 3.63) is 28.8 Å². The number of anilines is 1. The van der Waals surface area contributed by atoms with Gasteiger partial charge in [-0.15, -0.1) is 0 Å². The molecule has 0 aliphatic heterocycles. The molecule has 94 valence electrons. The monoisotopic (exact) mass is 254 g/mol. The van der Waals surface area contributed by atoms with Gasteiger partial charge in [0.1, 0.15) is 0 Å². The van der Waals surface area contributed by atoms with Crippen molar-refractivity contribution in [1.29, 1.82) is 0 Å². The quantitative estimate of drug-likeness (QED) is 0.793. The molecule has 0 heterocycles. The van der Waals surface area contributed by atoms with Gasteiger partial charge in [0.25, 0.3) is 5.91 Å². The molecule has 0 aromatic heterocycles. The van der Waals surface area contributed by atoms with Gasteiger partial charge in [-0.3, -0.25) is 4.79 Å². The zero-order valence-electron chi connectivity index (χ0n) is 10.3. The lowest BCUT2D eigenvalue weighted by atomic mass is 10.1. The minimum Gasteiger partial charge on any atom is -0.397 e. The van der Waals surface area contributed by atoms with E-state index < -0.39 is 0 Å². The number of hydrogen-bond acceptors (Lipinski definition) is 2. The largest absolute Gasteiger partial charge is 0.397 e. The molecule has 0 spiro atoms. The van der Waals surface area contributed by atoms with Crippen LogP contribution in [-0.4, -0.2) is 11.9 Å². The minimum atomic E-state index is -0.159. The normalized spacial score (nSPS) is 12.2. The lowest BCUT2D eigenvalue weighted by Gasteiger charge is -2.14. The Bertz CT molecular complexity index is 393. The van der Waals surface area contributed by atoms with E-state index in [1.54, 1.807) is 18.2 Å². The lowest BCUT2D eigenvalue weighted by Crippen LogP contribution is -2.32. The summed E-state index contributed by atoms with van der Waals surface area (Å²) < 4.78 is 0. The Morgan fingerprint density at radius 1 is 1.53 bits per heavy atom. The number of benzene rings is 1. The number of carbonyl (C=O) groups excluding carboxylic acids is 1. The number of halogens is 1. The van der Waals surface area contributed by atoms with Gasteiger partial charge < -0.3 is 11.1 Å². The first-order valence-corrected chi connectivity index (χ1v) is 6.29. The van der Waals surface area contributed by atoms with Crippen LogP contribution in [0.15, 0.2) is 18.2 Å². The molecule has 17 heavy (non-hydrogen) atoms. The van der Waals surface area contributed by atoms with E-state index in [1.807, 2.05) is 6.92 Å². The number of unbranched alkanes of at least 4 members (excludes halogenated alkanes) is 1. The molecule has 3 nitrogen and oxygen atoms in total. The van der Waals surface area contributed by atoms with Crippen molar-refractivity contribution >= 4 is 23.2 Å². The lowest BCUT2D eigenvalue weighted by molar-refractivity contribution is 0.0939. The van der Waals surface area contributed by atoms with Crippen LogP contribution in [0.3, 0.4) is 0 Å². The molecular formula is C13H19ClN2O. The standard InChI is InChI=1S/C13H19ClN2O/c1-3-4-6-9(2)16-13(17)10-7-5-8-11(14)12(10)15/h5,7-9H,3-4,6,15H2,1-2H3,(H,16,17). The molecule has 0 bridgehead atoms. The maximum Gasteiger partial charge on any atom is 0.253 e. The highest BCUT2D eigenvalue weighted by Crippen LogP contribution is 2.22. The van der Waals surface area contributed by atoms with Gasteiger partial charge >= 0.3 is 0 Å². The number of para-hydroxylation sites is 1. The van der Waals surface area contributed by atoms with E-state index in [9.17, 15) is 4.79 Å². The van der Waals surface area contributed by atoms with Crippen molar-refractivity contribution in [2.24, 2.45) is 0 Å². The number of nitrogen functional groups attached to an aromatic ring is 1. The smallest absolute Gasteiger partial charge is 0.253 e. The van der Waals surface area contributed by atoms with E-state index in [-0.39, 0.29) is 11.9 Å². The Labute approximate surface area is 107 Å². The molecule has 0 radical (unpaired) electrons. The number of amides is 1. The van der Waals surface area contributed by atoms with Gasteiger partial charge in [0, 0.05) is 6.04 Å². The zero-order valence-corrected chi connectivity index (χ0v) is 11.1. The van der Waals surface area contributed by atoms with Gasteiger partial charge in [-0.25, -0.2) is 0 Å². The van der Waals surface area contributed by atoms with Gasteiger partial charge in [0.05, 0.1) is 16.3 Å². The molecule has 1 rings (SSSR count). The van der Waals surface area contributed by atoms with E-state index in [1.165, 1.54) is 0 Å². The number of carbonyl (C=O) groups is 1. The predicted molar refractivity (Wildman–Crippen MR) is 72.3 cm³/mol. The van der Waals surface area contributed by atoms with Crippen LogP contribution in [0, 0.1) is 0 Å². The second-order valence-electron chi connectivity index (χ2n) is 4.22. The highest BCUT2D eigenvalue weighted by Gasteiger charge is 2.13. The van der Waals surface area contributed by atoms with Crippen molar-refractivity contribution < 1.29 is 4.79 Å². The van der Waals surface area contributed by atoms with E-state index in [2.05, 4.69) is 12.2 Å². The van der Waals surface area contributed by atoms with E-state index in [4.69, 9.17) is 17.3 Å². The summed E-state index contributed by atoms with van der Waals surface area (Å²) >= 11 is 5.87. The summed E-state index contributed by atoms with van der Waals surface area (Å²) in [5.41, 5.74) is 6.55. The summed E-state index contributed by atoms with van der Waals surface area (Å²) in [4.78, 5) is 11.9. The van der Waals surface area contributed by atoms with Gasteiger partial charge in [0.2, 0.25) is 0 Å². The minimum absolute atomic E-state index is 0.154. The maximum absolute atomic E-state index is 11.9. The zero-order chi connectivity index (χ0) is 12.8. The van der Waals surface area contributed by atoms with Crippen molar-refractivity contribution in [3.8, 4) is 0 Å².